The number of para-hydroxylation sites is 1. The minimum absolute atomic E-state index is 0.871. The average molecular weight is 690 g/mol. The second-order valence-corrected chi connectivity index (χ2v) is 13.8. The largest absolute Gasteiger partial charge is 0.456 e. The van der Waals surface area contributed by atoms with Crippen molar-refractivity contribution < 1.29 is 4.42 Å². The number of hydrogen-bond acceptors (Lipinski definition) is 2. The molecule has 1 aromatic heterocycles. The van der Waals surface area contributed by atoms with Gasteiger partial charge >= 0.3 is 0 Å². The molecule has 0 N–H and O–H groups in total. The van der Waals surface area contributed by atoms with E-state index < -0.39 is 0 Å². The van der Waals surface area contributed by atoms with Gasteiger partial charge in [-0.1, -0.05) is 152 Å². The van der Waals surface area contributed by atoms with Crippen LogP contribution in [0.3, 0.4) is 0 Å². The molecular formula is C52H35NO. The highest BCUT2D eigenvalue weighted by molar-refractivity contribution is 6.13. The Hall–Kier alpha value is -7.16. The zero-order chi connectivity index (χ0) is 35.8. The van der Waals surface area contributed by atoms with E-state index in [-0.39, 0.29) is 0 Å². The predicted molar refractivity (Wildman–Crippen MR) is 228 cm³/mol. The van der Waals surface area contributed by atoms with Gasteiger partial charge in [-0.05, 0) is 116 Å². The maximum absolute atomic E-state index is 6.36. The first-order chi connectivity index (χ1) is 26.7. The van der Waals surface area contributed by atoms with E-state index in [2.05, 4.69) is 205 Å². The van der Waals surface area contributed by atoms with Gasteiger partial charge in [0.25, 0.3) is 0 Å². The van der Waals surface area contributed by atoms with Gasteiger partial charge < -0.3 is 9.32 Å². The molecule has 0 spiro atoms. The number of nitrogens with zero attached hydrogens (tertiary/aromatic N) is 1. The van der Waals surface area contributed by atoms with Crippen LogP contribution in [0.4, 0.5) is 17.1 Å². The summed E-state index contributed by atoms with van der Waals surface area (Å²) in [6, 6.07) is 75.9. The van der Waals surface area contributed by atoms with Crippen LogP contribution >= 0.6 is 0 Å². The van der Waals surface area contributed by atoms with Gasteiger partial charge in [0.05, 0.1) is 11.1 Å². The minimum Gasteiger partial charge on any atom is -0.456 e. The SMILES string of the molecule is c1ccc(-c2cccc(N(c3ccc(-c4cccc(-c5cccc(-c6ccc7ccccc7c6)c5)c4)cc3)c3cccc4oc5ccccc5c34)c2)cc1. The van der Waals surface area contributed by atoms with Crippen molar-refractivity contribution in [1.82, 2.24) is 0 Å². The molecule has 0 aliphatic rings. The topological polar surface area (TPSA) is 16.4 Å². The highest BCUT2D eigenvalue weighted by Gasteiger charge is 2.20. The molecule has 2 nitrogen and oxygen atoms in total. The number of anilines is 3. The highest BCUT2D eigenvalue weighted by Crippen LogP contribution is 2.44. The van der Waals surface area contributed by atoms with Gasteiger partial charge in [-0.2, -0.15) is 0 Å². The van der Waals surface area contributed by atoms with Gasteiger partial charge in [0.15, 0.2) is 0 Å². The molecule has 0 aliphatic heterocycles. The summed E-state index contributed by atoms with van der Waals surface area (Å²) >= 11 is 0. The van der Waals surface area contributed by atoms with Crippen molar-refractivity contribution in [2.24, 2.45) is 0 Å². The fourth-order valence-electron chi connectivity index (χ4n) is 7.75. The highest BCUT2D eigenvalue weighted by atomic mass is 16.3. The predicted octanol–water partition coefficient (Wildman–Crippen LogP) is 14.9. The van der Waals surface area contributed by atoms with Crippen LogP contribution in [0.5, 0.6) is 0 Å². The molecule has 0 saturated heterocycles. The molecule has 0 atom stereocenters. The number of fused-ring (bicyclic) bond motifs is 4. The molecule has 0 saturated carbocycles. The first kappa shape index (κ1) is 31.6. The first-order valence-electron chi connectivity index (χ1n) is 18.4. The summed E-state index contributed by atoms with van der Waals surface area (Å²) in [5.74, 6) is 0. The summed E-state index contributed by atoms with van der Waals surface area (Å²) < 4.78 is 6.36. The molecule has 0 unspecified atom stereocenters. The summed E-state index contributed by atoms with van der Waals surface area (Å²) in [5.41, 5.74) is 14.5. The molecule has 0 aliphatic carbocycles. The zero-order valence-electron chi connectivity index (χ0n) is 29.6. The molecule has 0 radical (unpaired) electrons. The van der Waals surface area contributed by atoms with Gasteiger partial charge in [-0.15, -0.1) is 0 Å². The van der Waals surface area contributed by atoms with E-state index in [0.29, 0.717) is 0 Å². The second kappa shape index (κ2) is 13.4. The van der Waals surface area contributed by atoms with Crippen molar-refractivity contribution in [2.75, 3.05) is 4.90 Å². The third kappa shape index (κ3) is 5.81. The Labute approximate surface area is 314 Å². The van der Waals surface area contributed by atoms with E-state index in [0.717, 1.165) is 44.6 Å². The van der Waals surface area contributed by atoms with E-state index in [4.69, 9.17) is 4.42 Å². The quantitative estimate of drug-likeness (QED) is 0.166. The Bertz CT molecular complexity index is 2940. The normalized spacial score (nSPS) is 11.3. The zero-order valence-corrected chi connectivity index (χ0v) is 29.6. The molecule has 9 aromatic carbocycles. The Morgan fingerprint density at radius 2 is 0.815 bits per heavy atom. The fourth-order valence-corrected chi connectivity index (χ4v) is 7.75. The second-order valence-electron chi connectivity index (χ2n) is 13.8. The first-order valence-corrected chi connectivity index (χ1v) is 18.4. The van der Waals surface area contributed by atoms with Gasteiger partial charge in [-0.3, -0.25) is 0 Å². The van der Waals surface area contributed by atoms with Crippen molar-refractivity contribution in [3.05, 3.63) is 212 Å². The minimum atomic E-state index is 0.871. The van der Waals surface area contributed by atoms with Crippen molar-refractivity contribution in [3.63, 3.8) is 0 Å². The van der Waals surface area contributed by atoms with Crippen LogP contribution in [0.1, 0.15) is 0 Å². The number of rotatable bonds is 7. The summed E-state index contributed by atoms with van der Waals surface area (Å²) in [6.45, 7) is 0. The third-order valence-electron chi connectivity index (χ3n) is 10.4. The Morgan fingerprint density at radius 1 is 0.296 bits per heavy atom. The Balaban J connectivity index is 1.04. The van der Waals surface area contributed by atoms with Gasteiger partial charge in [-0.25, -0.2) is 0 Å². The van der Waals surface area contributed by atoms with Crippen LogP contribution in [0.2, 0.25) is 0 Å². The molecule has 1 heterocycles. The van der Waals surface area contributed by atoms with E-state index in [1.165, 1.54) is 49.7 Å². The maximum atomic E-state index is 6.36. The molecule has 2 heteroatoms. The van der Waals surface area contributed by atoms with Crippen LogP contribution in [-0.2, 0) is 0 Å². The van der Waals surface area contributed by atoms with Crippen LogP contribution in [0.15, 0.2) is 217 Å². The average Bonchev–Trinajstić information content (AvgIpc) is 3.64. The molecule has 54 heavy (non-hydrogen) atoms. The molecular weight excluding hydrogens is 655 g/mol. The van der Waals surface area contributed by atoms with E-state index >= 15 is 0 Å². The lowest BCUT2D eigenvalue weighted by Crippen LogP contribution is -2.10. The van der Waals surface area contributed by atoms with Crippen LogP contribution in [0.25, 0.3) is 77.2 Å². The number of furan rings is 1. The van der Waals surface area contributed by atoms with Crippen LogP contribution < -0.4 is 4.90 Å². The van der Waals surface area contributed by atoms with E-state index in [1.807, 2.05) is 12.1 Å². The molecule has 0 bridgehead atoms. The van der Waals surface area contributed by atoms with E-state index in [9.17, 15) is 0 Å². The maximum Gasteiger partial charge on any atom is 0.137 e. The lowest BCUT2D eigenvalue weighted by atomic mass is 9.95. The van der Waals surface area contributed by atoms with Crippen molar-refractivity contribution >= 4 is 49.8 Å². The Morgan fingerprint density at radius 3 is 1.57 bits per heavy atom. The van der Waals surface area contributed by atoms with Crippen molar-refractivity contribution in [3.8, 4) is 44.5 Å². The standard InChI is InChI=1S/C52H35NO/c1-2-12-36(13-3-1)44-20-10-21-47(35-44)53(49-23-11-25-51-52(49)48-22-6-7-24-50(48)54-51)46-30-28-38(29-31-46)40-16-8-17-41(32-40)42-18-9-19-43(34-42)45-27-26-37-14-4-5-15-39(37)33-45/h1-35H. The smallest absolute Gasteiger partial charge is 0.137 e. The number of hydrogen-bond donors (Lipinski definition) is 0. The Kier molecular flexibility index (Phi) is 7.85. The monoisotopic (exact) mass is 689 g/mol. The summed E-state index contributed by atoms with van der Waals surface area (Å²) in [5, 5.41) is 4.71. The van der Waals surface area contributed by atoms with Crippen LogP contribution in [-0.4, -0.2) is 0 Å². The van der Waals surface area contributed by atoms with Crippen molar-refractivity contribution in [2.45, 2.75) is 0 Å². The summed E-state index contributed by atoms with van der Waals surface area (Å²) in [7, 11) is 0. The third-order valence-corrected chi connectivity index (χ3v) is 10.4. The van der Waals surface area contributed by atoms with Gasteiger partial charge in [0.1, 0.15) is 11.2 Å². The molecule has 254 valence electrons. The fraction of sp³-hybridized carbons (Fsp3) is 0. The van der Waals surface area contributed by atoms with Crippen LogP contribution in [0, 0.1) is 0 Å². The van der Waals surface area contributed by atoms with E-state index in [1.54, 1.807) is 0 Å². The molecule has 10 aromatic rings. The van der Waals surface area contributed by atoms with Crippen molar-refractivity contribution in [1.29, 1.82) is 0 Å². The summed E-state index contributed by atoms with van der Waals surface area (Å²) in [6.07, 6.45) is 0. The molecule has 0 amide bonds. The molecule has 10 rings (SSSR count). The number of benzene rings is 9. The molecule has 0 fully saturated rings. The van der Waals surface area contributed by atoms with Gasteiger partial charge in [0, 0.05) is 16.8 Å². The lowest BCUT2D eigenvalue weighted by Gasteiger charge is -2.27. The summed E-state index contributed by atoms with van der Waals surface area (Å²) in [4.78, 5) is 2.36. The van der Waals surface area contributed by atoms with Gasteiger partial charge in [0.2, 0.25) is 0 Å². The lowest BCUT2D eigenvalue weighted by molar-refractivity contribution is 0.669.